The monoisotopic (exact) mass is 369 g/mol. The van der Waals surface area contributed by atoms with Gasteiger partial charge >= 0.3 is 0 Å². The maximum absolute atomic E-state index is 5.54. The zero-order valence-electron chi connectivity index (χ0n) is 14.5. The fraction of sp³-hybridized carbons (Fsp3) is 0.368. The minimum atomic E-state index is 0.221. The minimum absolute atomic E-state index is 0.221. The first kappa shape index (κ1) is 15.7. The van der Waals surface area contributed by atoms with Crippen molar-refractivity contribution >= 4 is 11.3 Å². The van der Waals surface area contributed by atoms with Crippen molar-refractivity contribution in [3.8, 4) is 28.6 Å². The average molecular weight is 369 g/mol. The van der Waals surface area contributed by atoms with E-state index in [0.717, 1.165) is 30.8 Å². The van der Waals surface area contributed by atoms with Gasteiger partial charge in [-0.15, -0.1) is 11.3 Å². The van der Waals surface area contributed by atoms with Gasteiger partial charge in [0.2, 0.25) is 12.5 Å². The van der Waals surface area contributed by atoms with E-state index < -0.39 is 0 Å². The van der Waals surface area contributed by atoms with Gasteiger partial charge in [-0.3, -0.25) is 0 Å². The predicted molar refractivity (Wildman–Crippen MR) is 98.2 cm³/mol. The highest BCUT2D eigenvalue weighted by Crippen LogP contribution is 2.44. The molecule has 0 fully saturated rings. The Morgan fingerprint density at radius 3 is 3.12 bits per heavy atom. The van der Waals surface area contributed by atoms with E-state index in [-0.39, 0.29) is 6.79 Å². The summed E-state index contributed by atoms with van der Waals surface area (Å²) >= 11 is 1.87. The van der Waals surface area contributed by atoms with Crippen LogP contribution in [0.15, 0.2) is 24.5 Å². The third-order valence-corrected chi connectivity index (χ3v) is 6.06. The van der Waals surface area contributed by atoms with Crippen LogP contribution in [0, 0.1) is 0 Å². The van der Waals surface area contributed by atoms with Crippen LogP contribution in [-0.4, -0.2) is 28.4 Å². The van der Waals surface area contributed by atoms with Crippen LogP contribution < -0.4 is 14.2 Å². The first-order chi connectivity index (χ1) is 12.8. The second kappa shape index (κ2) is 6.32. The number of methoxy groups -OCH3 is 1. The SMILES string of the molecule is COc1cc(-c2nccn2CCc2nc3c(s2)CCC3)cc2c1OCO2. The lowest BCUT2D eigenvalue weighted by Gasteiger charge is -2.10. The summed E-state index contributed by atoms with van der Waals surface area (Å²) in [4.78, 5) is 10.8. The first-order valence-corrected chi connectivity index (χ1v) is 9.60. The molecule has 0 saturated carbocycles. The van der Waals surface area contributed by atoms with Crippen LogP contribution in [0.25, 0.3) is 11.4 Å². The Labute approximate surface area is 155 Å². The molecular weight excluding hydrogens is 350 g/mol. The van der Waals surface area contributed by atoms with Gasteiger partial charge in [0.05, 0.1) is 17.8 Å². The lowest BCUT2D eigenvalue weighted by molar-refractivity contribution is 0.171. The van der Waals surface area contributed by atoms with Crippen molar-refractivity contribution in [3.63, 3.8) is 0 Å². The summed E-state index contributed by atoms with van der Waals surface area (Å²) in [6.45, 7) is 1.07. The van der Waals surface area contributed by atoms with Gasteiger partial charge in [-0.1, -0.05) is 0 Å². The van der Waals surface area contributed by atoms with E-state index >= 15 is 0 Å². The van der Waals surface area contributed by atoms with Gasteiger partial charge in [-0.2, -0.15) is 0 Å². The molecule has 0 unspecified atom stereocenters. The molecule has 0 radical (unpaired) electrons. The van der Waals surface area contributed by atoms with E-state index in [1.165, 1.54) is 28.4 Å². The number of ether oxygens (including phenoxy) is 3. The van der Waals surface area contributed by atoms with Crippen LogP contribution in [-0.2, 0) is 25.8 Å². The Bertz CT molecular complexity index is 942. The molecule has 1 aliphatic carbocycles. The molecule has 0 bridgehead atoms. The number of imidazole rings is 1. The van der Waals surface area contributed by atoms with Crippen LogP contribution >= 0.6 is 11.3 Å². The molecule has 2 aromatic heterocycles. The molecule has 0 amide bonds. The second-order valence-electron chi connectivity index (χ2n) is 6.44. The van der Waals surface area contributed by atoms with Crippen LogP contribution in [0.2, 0.25) is 0 Å². The summed E-state index contributed by atoms with van der Waals surface area (Å²) in [6, 6.07) is 3.91. The smallest absolute Gasteiger partial charge is 0.231 e. The van der Waals surface area contributed by atoms with Crippen molar-refractivity contribution < 1.29 is 14.2 Å². The van der Waals surface area contributed by atoms with E-state index in [9.17, 15) is 0 Å². The fourth-order valence-electron chi connectivity index (χ4n) is 3.58. The molecule has 3 heterocycles. The number of rotatable bonds is 5. The minimum Gasteiger partial charge on any atom is -0.493 e. The summed E-state index contributed by atoms with van der Waals surface area (Å²) in [5.41, 5.74) is 2.27. The Kier molecular flexibility index (Phi) is 3.81. The highest BCUT2D eigenvalue weighted by molar-refractivity contribution is 7.11. The molecule has 0 atom stereocenters. The zero-order valence-corrected chi connectivity index (χ0v) is 15.3. The van der Waals surface area contributed by atoms with Gasteiger partial charge in [0.25, 0.3) is 0 Å². The van der Waals surface area contributed by atoms with Crippen LogP contribution in [0.5, 0.6) is 17.2 Å². The number of benzene rings is 1. The number of nitrogens with zero attached hydrogens (tertiary/aromatic N) is 3. The summed E-state index contributed by atoms with van der Waals surface area (Å²) < 4.78 is 18.6. The number of aryl methyl sites for hydroxylation is 4. The number of hydrogen-bond acceptors (Lipinski definition) is 6. The lowest BCUT2D eigenvalue weighted by atomic mass is 10.1. The Hall–Kier alpha value is -2.54. The van der Waals surface area contributed by atoms with Crippen molar-refractivity contribution in [2.45, 2.75) is 32.2 Å². The summed E-state index contributed by atoms with van der Waals surface area (Å²) in [6.07, 6.45) is 8.34. The number of thiazole rings is 1. The van der Waals surface area contributed by atoms with Crippen molar-refractivity contribution in [3.05, 3.63) is 40.1 Å². The molecule has 1 aliphatic heterocycles. The van der Waals surface area contributed by atoms with Crippen molar-refractivity contribution in [1.29, 1.82) is 0 Å². The molecule has 0 N–H and O–H groups in total. The van der Waals surface area contributed by atoms with Gasteiger partial charge in [-0.05, 0) is 31.4 Å². The summed E-state index contributed by atoms with van der Waals surface area (Å²) in [5, 5.41) is 1.22. The maximum Gasteiger partial charge on any atom is 0.231 e. The van der Waals surface area contributed by atoms with Crippen LogP contribution in [0.1, 0.15) is 22.0 Å². The third-order valence-electron chi connectivity index (χ3n) is 4.84. The predicted octanol–water partition coefficient (Wildman–Crippen LogP) is 3.48. The zero-order chi connectivity index (χ0) is 17.5. The normalized spacial score (nSPS) is 14.7. The van der Waals surface area contributed by atoms with Gasteiger partial charge < -0.3 is 18.8 Å². The van der Waals surface area contributed by atoms with Gasteiger partial charge in [0.1, 0.15) is 5.82 Å². The van der Waals surface area contributed by atoms with E-state index in [4.69, 9.17) is 19.2 Å². The molecule has 2 aliphatic rings. The first-order valence-electron chi connectivity index (χ1n) is 8.78. The molecule has 6 nitrogen and oxygen atoms in total. The van der Waals surface area contributed by atoms with E-state index in [0.29, 0.717) is 17.2 Å². The van der Waals surface area contributed by atoms with E-state index in [1.807, 2.05) is 35.9 Å². The molecule has 0 saturated heterocycles. The Morgan fingerprint density at radius 2 is 2.23 bits per heavy atom. The number of hydrogen-bond donors (Lipinski definition) is 0. The Morgan fingerprint density at radius 1 is 1.27 bits per heavy atom. The van der Waals surface area contributed by atoms with Crippen molar-refractivity contribution in [2.24, 2.45) is 0 Å². The third kappa shape index (κ3) is 2.63. The topological polar surface area (TPSA) is 58.4 Å². The van der Waals surface area contributed by atoms with Gasteiger partial charge in [-0.25, -0.2) is 9.97 Å². The largest absolute Gasteiger partial charge is 0.493 e. The molecule has 3 aromatic rings. The Balaban J connectivity index is 1.40. The second-order valence-corrected chi connectivity index (χ2v) is 7.61. The molecule has 0 spiro atoms. The van der Waals surface area contributed by atoms with Crippen molar-refractivity contribution in [1.82, 2.24) is 14.5 Å². The molecule has 134 valence electrons. The molecule has 5 rings (SSSR count). The number of aromatic nitrogens is 3. The van der Waals surface area contributed by atoms with E-state index in [2.05, 4.69) is 9.55 Å². The summed E-state index contributed by atoms with van der Waals surface area (Å²) in [5.74, 6) is 2.92. The van der Waals surface area contributed by atoms with Crippen LogP contribution in [0.4, 0.5) is 0 Å². The summed E-state index contributed by atoms with van der Waals surface area (Å²) in [7, 11) is 1.63. The average Bonchev–Trinajstić information content (AvgIpc) is 3.41. The van der Waals surface area contributed by atoms with Gasteiger partial charge in [0, 0.05) is 35.8 Å². The maximum atomic E-state index is 5.54. The molecule has 1 aromatic carbocycles. The van der Waals surface area contributed by atoms with Gasteiger partial charge in [0.15, 0.2) is 11.5 Å². The molecular formula is C19H19N3O3S. The quantitative estimate of drug-likeness (QED) is 0.689. The molecule has 26 heavy (non-hydrogen) atoms. The van der Waals surface area contributed by atoms with E-state index in [1.54, 1.807) is 7.11 Å². The molecule has 7 heteroatoms. The lowest BCUT2D eigenvalue weighted by Crippen LogP contribution is -2.03. The van der Waals surface area contributed by atoms with Crippen molar-refractivity contribution in [2.75, 3.05) is 13.9 Å². The van der Waals surface area contributed by atoms with Crippen LogP contribution in [0.3, 0.4) is 0 Å². The standard InChI is InChI=1S/C19H19N3O3S/c1-23-14-9-12(10-15-18(14)25-11-24-15)19-20-6-8-22(19)7-5-17-21-13-3-2-4-16(13)26-17/h6,8-10H,2-5,7,11H2,1H3. The fourth-order valence-corrected chi connectivity index (χ4v) is 4.72. The highest BCUT2D eigenvalue weighted by atomic mass is 32.1. The highest BCUT2D eigenvalue weighted by Gasteiger charge is 2.22. The number of fused-ring (bicyclic) bond motifs is 2.